The number of hydrogen-bond acceptors (Lipinski definition) is 4. The molecule has 0 fully saturated rings. The predicted octanol–water partition coefficient (Wildman–Crippen LogP) is 4.89. The van der Waals surface area contributed by atoms with Crippen LogP contribution in [0.15, 0.2) is 71.1 Å². The molecule has 1 amide bonds. The Kier molecular flexibility index (Phi) is 4.30. The Morgan fingerprint density at radius 2 is 1.85 bits per heavy atom. The number of nitrogens with one attached hydrogen (secondary N) is 1. The normalized spacial score (nSPS) is 10.7. The van der Waals surface area contributed by atoms with Gasteiger partial charge >= 0.3 is 0 Å². The maximum atomic E-state index is 13.9. The van der Waals surface area contributed by atoms with E-state index in [1.807, 2.05) is 0 Å². The average Bonchev–Trinajstić information content (AvgIpc) is 3.11. The monoisotopic (exact) mass is 362 g/mol. The molecule has 4 rings (SSSR count). The van der Waals surface area contributed by atoms with E-state index in [1.54, 1.807) is 67.8 Å². The van der Waals surface area contributed by atoms with E-state index < -0.39 is 5.82 Å². The summed E-state index contributed by atoms with van der Waals surface area (Å²) in [5.74, 6) is 0.213. The summed E-state index contributed by atoms with van der Waals surface area (Å²) in [4.78, 5) is 16.7. The molecule has 0 aliphatic heterocycles. The van der Waals surface area contributed by atoms with Crippen molar-refractivity contribution in [3.63, 3.8) is 0 Å². The molecular weight excluding hydrogens is 347 g/mol. The number of hydrogen-bond donors (Lipinski definition) is 1. The molecule has 5 nitrogen and oxygen atoms in total. The minimum Gasteiger partial charge on any atom is -0.497 e. The standard InChI is InChI=1S/C21H15FN2O3/c1-26-15-9-6-13(7-10-15)20(25)23-14-8-11-19-18(12-14)24-21(27-19)16-4-2-3-5-17(16)22/h2-12H,1H3,(H,23,25). The molecule has 0 atom stereocenters. The highest BCUT2D eigenvalue weighted by molar-refractivity contribution is 6.05. The smallest absolute Gasteiger partial charge is 0.255 e. The summed E-state index contributed by atoms with van der Waals surface area (Å²) in [6.07, 6.45) is 0. The van der Waals surface area contributed by atoms with Gasteiger partial charge in [-0.1, -0.05) is 12.1 Å². The fourth-order valence-electron chi connectivity index (χ4n) is 2.70. The van der Waals surface area contributed by atoms with Crippen molar-refractivity contribution < 1.29 is 18.3 Å². The zero-order chi connectivity index (χ0) is 18.8. The zero-order valence-corrected chi connectivity index (χ0v) is 14.4. The highest BCUT2D eigenvalue weighted by Gasteiger charge is 2.13. The average molecular weight is 362 g/mol. The summed E-state index contributed by atoms with van der Waals surface area (Å²) in [5.41, 5.74) is 2.40. The Morgan fingerprint density at radius 1 is 1.07 bits per heavy atom. The molecule has 0 aliphatic carbocycles. The van der Waals surface area contributed by atoms with Crippen molar-refractivity contribution in [2.75, 3.05) is 12.4 Å². The fraction of sp³-hybridized carbons (Fsp3) is 0.0476. The summed E-state index contributed by atoms with van der Waals surface area (Å²) in [6, 6.07) is 18.2. The lowest BCUT2D eigenvalue weighted by Crippen LogP contribution is -2.11. The Morgan fingerprint density at radius 3 is 2.59 bits per heavy atom. The molecule has 0 spiro atoms. The first-order valence-electron chi connectivity index (χ1n) is 8.25. The van der Waals surface area contributed by atoms with Crippen molar-refractivity contribution in [3.05, 3.63) is 78.1 Å². The third-order valence-electron chi connectivity index (χ3n) is 4.10. The minimum absolute atomic E-state index is 0.196. The number of aromatic nitrogens is 1. The number of rotatable bonds is 4. The number of anilines is 1. The number of fused-ring (bicyclic) bond motifs is 1. The van der Waals surface area contributed by atoms with E-state index in [9.17, 15) is 9.18 Å². The lowest BCUT2D eigenvalue weighted by Gasteiger charge is -2.06. The zero-order valence-electron chi connectivity index (χ0n) is 14.4. The number of amides is 1. The number of halogens is 1. The second-order valence-electron chi connectivity index (χ2n) is 5.86. The molecule has 1 heterocycles. The van der Waals surface area contributed by atoms with Crippen LogP contribution in [-0.2, 0) is 0 Å². The Labute approximate surface area is 154 Å². The van der Waals surface area contributed by atoms with E-state index in [0.717, 1.165) is 0 Å². The number of carbonyl (C=O) groups excluding carboxylic acids is 1. The topological polar surface area (TPSA) is 64.4 Å². The number of carbonyl (C=O) groups is 1. The molecule has 1 aromatic heterocycles. The summed E-state index contributed by atoms with van der Waals surface area (Å²) < 4.78 is 24.6. The predicted molar refractivity (Wildman–Crippen MR) is 100 cm³/mol. The lowest BCUT2D eigenvalue weighted by atomic mass is 10.2. The molecule has 0 unspecified atom stereocenters. The minimum atomic E-state index is -0.405. The SMILES string of the molecule is COc1ccc(C(=O)Nc2ccc3oc(-c4ccccc4F)nc3c2)cc1. The molecule has 0 saturated heterocycles. The van der Waals surface area contributed by atoms with Crippen molar-refractivity contribution in [3.8, 4) is 17.2 Å². The van der Waals surface area contributed by atoms with Gasteiger partial charge in [0, 0.05) is 11.3 Å². The quantitative estimate of drug-likeness (QED) is 0.561. The molecule has 3 aromatic carbocycles. The van der Waals surface area contributed by atoms with Crippen molar-refractivity contribution in [1.82, 2.24) is 4.98 Å². The van der Waals surface area contributed by atoms with Crippen molar-refractivity contribution in [2.24, 2.45) is 0 Å². The van der Waals surface area contributed by atoms with Gasteiger partial charge in [0.25, 0.3) is 5.91 Å². The number of nitrogens with zero attached hydrogens (tertiary/aromatic N) is 1. The van der Waals surface area contributed by atoms with Crippen LogP contribution >= 0.6 is 0 Å². The van der Waals surface area contributed by atoms with E-state index in [1.165, 1.54) is 6.07 Å². The lowest BCUT2D eigenvalue weighted by molar-refractivity contribution is 0.102. The summed E-state index contributed by atoms with van der Waals surface area (Å²) in [6.45, 7) is 0. The van der Waals surface area contributed by atoms with E-state index in [4.69, 9.17) is 9.15 Å². The molecule has 0 saturated carbocycles. The van der Waals surface area contributed by atoms with E-state index in [0.29, 0.717) is 28.1 Å². The van der Waals surface area contributed by atoms with Gasteiger partial charge in [-0.3, -0.25) is 4.79 Å². The number of benzene rings is 3. The van der Waals surface area contributed by atoms with Crippen molar-refractivity contribution in [2.45, 2.75) is 0 Å². The highest BCUT2D eigenvalue weighted by Crippen LogP contribution is 2.28. The van der Waals surface area contributed by atoms with Crippen molar-refractivity contribution in [1.29, 1.82) is 0 Å². The second kappa shape index (κ2) is 6.92. The van der Waals surface area contributed by atoms with E-state index in [-0.39, 0.29) is 17.4 Å². The van der Waals surface area contributed by atoms with Gasteiger partial charge in [-0.05, 0) is 54.6 Å². The van der Waals surface area contributed by atoms with Gasteiger partial charge in [0.2, 0.25) is 5.89 Å². The van der Waals surface area contributed by atoms with Crippen LogP contribution in [0.1, 0.15) is 10.4 Å². The van der Waals surface area contributed by atoms with Crippen LogP contribution in [0.4, 0.5) is 10.1 Å². The Bertz CT molecular complexity index is 1120. The number of oxazole rings is 1. The van der Waals surface area contributed by atoms with Crippen LogP contribution in [0.3, 0.4) is 0 Å². The van der Waals surface area contributed by atoms with Gasteiger partial charge in [0.1, 0.15) is 17.1 Å². The third kappa shape index (κ3) is 3.37. The number of methoxy groups -OCH3 is 1. The molecule has 27 heavy (non-hydrogen) atoms. The van der Waals surface area contributed by atoms with Gasteiger partial charge in [-0.2, -0.15) is 0 Å². The molecule has 134 valence electrons. The van der Waals surface area contributed by atoms with Crippen LogP contribution in [0.2, 0.25) is 0 Å². The molecular formula is C21H15FN2O3. The summed E-state index contributed by atoms with van der Waals surface area (Å²) in [7, 11) is 1.57. The summed E-state index contributed by atoms with van der Waals surface area (Å²) >= 11 is 0. The summed E-state index contributed by atoms with van der Waals surface area (Å²) in [5, 5.41) is 2.81. The maximum Gasteiger partial charge on any atom is 0.255 e. The van der Waals surface area contributed by atoms with Crippen LogP contribution in [0, 0.1) is 5.82 Å². The highest BCUT2D eigenvalue weighted by atomic mass is 19.1. The van der Waals surface area contributed by atoms with Gasteiger partial charge in [-0.25, -0.2) is 9.37 Å². The number of ether oxygens (including phenoxy) is 1. The molecule has 6 heteroatoms. The molecule has 0 bridgehead atoms. The van der Waals surface area contributed by atoms with E-state index in [2.05, 4.69) is 10.3 Å². The molecule has 0 radical (unpaired) electrons. The fourth-order valence-corrected chi connectivity index (χ4v) is 2.70. The van der Waals surface area contributed by atoms with Crippen LogP contribution in [0.5, 0.6) is 5.75 Å². The maximum absolute atomic E-state index is 13.9. The molecule has 1 N–H and O–H groups in total. The van der Waals surface area contributed by atoms with E-state index >= 15 is 0 Å². The van der Waals surface area contributed by atoms with Crippen LogP contribution in [0.25, 0.3) is 22.6 Å². The molecule has 4 aromatic rings. The van der Waals surface area contributed by atoms with Crippen LogP contribution in [-0.4, -0.2) is 18.0 Å². The Balaban J connectivity index is 1.59. The van der Waals surface area contributed by atoms with Crippen molar-refractivity contribution >= 4 is 22.7 Å². The Hall–Kier alpha value is -3.67. The molecule has 0 aliphatic rings. The van der Waals surface area contributed by atoms with Gasteiger partial charge < -0.3 is 14.5 Å². The first-order valence-corrected chi connectivity index (χ1v) is 8.25. The van der Waals surface area contributed by atoms with Gasteiger partial charge in [-0.15, -0.1) is 0 Å². The van der Waals surface area contributed by atoms with Gasteiger partial charge in [0.15, 0.2) is 5.58 Å². The van der Waals surface area contributed by atoms with Gasteiger partial charge in [0.05, 0.1) is 12.7 Å². The van der Waals surface area contributed by atoms with Crippen LogP contribution < -0.4 is 10.1 Å². The largest absolute Gasteiger partial charge is 0.497 e. The third-order valence-corrected chi connectivity index (χ3v) is 4.10. The first-order chi connectivity index (χ1) is 13.1. The first kappa shape index (κ1) is 16.8. The second-order valence-corrected chi connectivity index (χ2v) is 5.86.